The van der Waals surface area contributed by atoms with E-state index in [0.29, 0.717) is 24.6 Å². The maximum atomic E-state index is 12.4. The summed E-state index contributed by atoms with van der Waals surface area (Å²) in [5.74, 6) is 2.16. The van der Waals surface area contributed by atoms with Crippen molar-refractivity contribution in [2.45, 2.75) is 33.1 Å². The van der Waals surface area contributed by atoms with Crippen LogP contribution >= 0.6 is 0 Å². The average molecular weight is 425 g/mol. The minimum absolute atomic E-state index is 0.0891. The Morgan fingerprint density at radius 2 is 1.84 bits per heavy atom. The number of rotatable bonds is 7. The molecule has 166 valence electrons. The number of aromatic nitrogens is 1. The molecule has 2 heterocycles. The Morgan fingerprint density at radius 1 is 1.06 bits per heavy atom. The van der Waals surface area contributed by atoms with Crippen LogP contribution in [0, 0.1) is 5.92 Å². The lowest BCUT2D eigenvalue weighted by Crippen LogP contribution is -2.35. The number of amides is 2. The van der Waals surface area contributed by atoms with Crippen molar-refractivity contribution in [1.29, 1.82) is 0 Å². The fourth-order valence-electron chi connectivity index (χ4n) is 3.66. The number of nitrogens with one attached hydrogen (secondary N) is 1. The first-order valence-electron chi connectivity index (χ1n) is 10.9. The van der Waals surface area contributed by atoms with E-state index < -0.39 is 0 Å². The molecule has 0 bridgehead atoms. The van der Waals surface area contributed by atoms with Gasteiger partial charge < -0.3 is 19.9 Å². The van der Waals surface area contributed by atoms with Crippen LogP contribution in [0.25, 0.3) is 0 Å². The average Bonchev–Trinajstić information content (AvgIpc) is 3.01. The van der Waals surface area contributed by atoms with Crippen molar-refractivity contribution < 1.29 is 14.3 Å². The molecule has 1 aliphatic heterocycles. The molecule has 2 amide bonds. The smallest absolute Gasteiger partial charge is 0.228 e. The predicted octanol–water partition coefficient (Wildman–Crippen LogP) is 3.36. The van der Waals surface area contributed by atoms with Gasteiger partial charge in [-0.05, 0) is 42.2 Å². The van der Waals surface area contributed by atoms with Crippen LogP contribution in [-0.2, 0) is 16.0 Å². The molecule has 31 heavy (non-hydrogen) atoms. The summed E-state index contributed by atoms with van der Waals surface area (Å²) in [6.07, 6.45) is 3.50. The van der Waals surface area contributed by atoms with Gasteiger partial charge in [0.05, 0.1) is 25.4 Å². The summed E-state index contributed by atoms with van der Waals surface area (Å²) in [7, 11) is 1.62. The number of ether oxygens (including phenoxy) is 1. The fourth-order valence-corrected chi connectivity index (χ4v) is 3.66. The first-order chi connectivity index (χ1) is 14.9. The highest BCUT2D eigenvalue weighted by Gasteiger charge is 2.20. The molecule has 3 rings (SSSR count). The van der Waals surface area contributed by atoms with Crippen LogP contribution in [-0.4, -0.2) is 55.0 Å². The first kappa shape index (κ1) is 22.6. The van der Waals surface area contributed by atoms with Crippen LogP contribution < -0.4 is 15.0 Å². The molecule has 0 unspecified atom stereocenters. The molecule has 1 aromatic carbocycles. The predicted molar refractivity (Wildman–Crippen MR) is 122 cm³/mol. The van der Waals surface area contributed by atoms with Crippen molar-refractivity contribution in [3.05, 3.63) is 48.2 Å². The van der Waals surface area contributed by atoms with Gasteiger partial charge in [-0.15, -0.1) is 0 Å². The third kappa shape index (κ3) is 6.70. The minimum atomic E-state index is -0.0891. The van der Waals surface area contributed by atoms with Crippen LogP contribution in [0.15, 0.2) is 42.6 Å². The van der Waals surface area contributed by atoms with Crippen LogP contribution in [0.3, 0.4) is 0 Å². The largest absolute Gasteiger partial charge is 0.497 e. The molecule has 1 fully saturated rings. The lowest BCUT2D eigenvalue weighted by atomic mass is 10.1. The van der Waals surface area contributed by atoms with Gasteiger partial charge in [-0.25, -0.2) is 4.98 Å². The quantitative estimate of drug-likeness (QED) is 0.738. The third-order valence-electron chi connectivity index (χ3n) is 5.31. The molecular weight excluding hydrogens is 392 g/mol. The number of anilines is 2. The van der Waals surface area contributed by atoms with E-state index in [2.05, 4.69) is 29.0 Å². The number of hydrogen-bond acceptors (Lipinski definition) is 5. The molecule has 0 spiro atoms. The second-order valence-corrected chi connectivity index (χ2v) is 8.30. The molecule has 1 N–H and O–H groups in total. The Morgan fingerprint density at radius 3 is 2.48 bits per heavy atom. The number of methoxy groups -OCH3 is 1. The van der Waals surface area contributed by atoms with Gasteiger partial charge in [0, 0.05) is 32.6 Å². The molecule has 1 saturated heterocycles. The molecule has 0 radical (unpaired) electrons. The van der Waals surface area contributed by atoms with Crippen molar-refractivity contribution >= 4 is 23.3 Å². The number of carbonyl (C=O) groups is 2. The molecular formula is C24H32N4O3. The Hall–Kier alpha value is -3.09. The second kappa shape index (κ2) is 10.8. The molecule has 0 saturated carbocycles. The van der Waals surface area contributed by atoms with Gasteiger partial charge >= 0.3 is 0 Å². The van der Waals surface area contributed by atoms with E-state index in [1.807, 2.05) is 41.3 Å². The summed E-state index contributed by atoms with van der Waals surface area (Å²) in [4.78, 5) is 33.4. The van der Waals surface area contributed by atoms with E-state index in [1.165, 1.54) is 0 Å². The molecule has 7 heteroatoms. The third-order valence-corrected chi connectivity index (χ3v) is 5.31. The molecule has 0 atom stereocenters. The summed E-state index contributed by atoms with van der Waals surface area (Å²) >= 11 is 0. The van der Waals surface area contributed by atoms with Crippen molar-refractivity contribution in [3.63, 3.8) is 0 Å². The van der Waals surface area contributed by atoms with Crippen molar-refractivity contribution in [3.8, 4) is 5.75 Å². The second-order valence-electron chi connectivity index (χ2n) is 8.30. The van der Waals surface area contributed by atoms with Gasteiger partial charge in [0.25, 0.3) is 0 Å². The maximum Gasteiger partial charge on any atom is 0.228 e. The van der Waals surface area contributed by atoms with Crippen LogP contribution in [0.4, 0.5) is 11.5 Å². The fraction of sp³-hybridized carbons (Fsp3) is 0.458. The molecule has 1 aromatic heterocycles. The Bertz CT molecular complexity index is 865. The van der Waals surface area contributed by atoms with Gasteiger partial charge in [-0.2, -0.15) is 0 Å². The SMILES string of the molecule is COc1ccc(CC(=O)Nc2ccc(N3CCCN(C(=O)CC(C)C)CC3)nc2)cc1. The summed E-state index contributed by atoms with van der Waals surface area (Å²) in [5.41, 5.74) is 1.59. The number of nitrogens with zero attached hydrogens (tertiary/aromatic N) is 3. The number of benzene rings is 1. The van der Waals surface area contributed by atoms with E-state index >= 15 is 0 Å². The minimum Gasteiger partial charge on any atom is -0.497 e. The summed E-state index contributed by atoms with van der Waals surface area (Å²) in [6, 6.07) is 11.3. The number of pyridine rings is 1. The maximum absolute atomic E-state index is 12.4. The molecule has 2 aromatic rings. The molecule has 0 aliphatic carbocycles. The Balaban J connectivity index is 1.52. The van der Waals surface area contributed by atoms with Gasteiger partial charge in [-0.3, -0.25) is 9.59 Å². The van der Waals surface area contributed by atoms with Gasteiger partial charge in [-0.1, -0.05) is 26.0 Å². The van der Waals surface area contributed by atoms with Crippen molar-refractivity contribution in [2.24, 2.45) is 5.92 Å². The highest BCUT2D eigenvalue weighted by Crippen LogP contribution is 2.18. The normalized spacial score (nSPS) is 14.3. The van der Waals surface area contributed by atoms with Crippen LogP contribution in [0.2, 0.25) is 0 Å². The summed E-state index contributed by atoms with van der Waals surface area (Å²) in [5, 5.41) is 2.90. The highest BCUT2D eigenvalue weighted by atomic mass is 16.5. The van der Waals surface area contributed by atoms with Crippen molar-refractivity contribution in [1.82, 2.24) is 9.88 Å². The summed E-state index contributed by atoms with van der Waals surface area (Å²) < 4.78 is 5.14. The van der Waals surface area contributed by atoms with Crippen LogP contribution in [0.5, 0.6) is 5.75 Å². The zero-order valence-electron chi connectivity index (χ0n) is 18.6. The van der Waals surface area contributed by atoms with Gasteiger partial charge in [0.2, 0.25) is 11.8 Å². The van der Waals surface area contributed by atoms with E-state index in [1.54, 1.807) is 13.3 Å². The Kier molecular flexibility index (Phi) is 7.87. The topological polar surface area (TPSA) is 74.8 Å². The zero-order chi connectivity index (χ0) is 22.2. The molecule has 7 nitrogen and oxygen atoms in total. The van der Waals surface area contributed by atoms with E-state index in [0.717, 1.165) is 43.2 Å². The summed E-state index contributed by atoms with van der Waals surface area (Å²) in [6.45, 7) is 7.28. The van der Waals surface area contributed by atoms with E-state index in [-0.39, 0.29) is 18.2 Å². The van der Waals surface area contributed by atoms with E-state index in [9.17, 15) is 9.59 Å². The number of carbonyl (C=O) groups excluding carboxylic acids is 2. The number of hydrogen-bond donors (Lipinski definition) is 1. The highest BCUT2D eigenvalue weighted by molar-refractivity contribution is 5.92. The lowest BCUT2D eigenvalue weighted by molar-refractivity contribution is -0.131. The lowest BCUT2D eigenvalue weighted by Gasteiger charge is -2.23. The Labute approximate surface area is 184 Å². The van der Waals surface area contributed by atoms with E-state index in [4.69, 9.17) is 4.74 Å². The standard InChI is InChI=1S/C24H32N4O3/c1-18(2)15-24(30)28-12-4-11-27(13-14-28)22-10-7-20(17-25-22)26-23(29)16-19-5-8-21(31-3)9-6-19/h5-10,17-18H,4,11-16H2,1-3H3,(H,26,29). The van der Waals surface area contributed by atoms with Gasteiger partial charge in [0.1, 0.15) is 11.6 Å². The van der Waals surface area contributed by atoms with Crippen LogP contribution in [0.1, 0.15) is 32.3 Å². The first-order valence-corrected chi connectivity index (χ1v) is 10.9. The monoisotopic (exact) mass is 424 g/mol. The van der Waals surface area contributed by atoms with Crippen molar-refractivity contribution in [2.75, 3.05) is 43.5 Å². The molecule has 1 aliphatic rings. The zero-order valence-corrected chi connectivity index (χ0v) is 18.6. The van der Waals surface area contributed by atoms with Gasteiger partial charge in [0.15, 0.2) is 0 Å².